The molecule has 0 bridgehead atoms. The quantitative estimate of drug-likeness (QED) is 0.685. The molecular weight excluding hydrogens is 278 g/mol. The van der Waals surface area contributed by atoms with Gasteiger partial charge in [0.2, 0.25) is 0 Å². The lowest BCUT2D eigenvalue weighted by Gasteiger charge is -2.29. The summed E-state index contributed by atoms with van der Waals surface area (Å²) in [4.78, 5) is 6.15. The van der Waals surface area contributed by atoms with Crippen molar-refractivity contribution < 1.29 is 9.84 Å². The van der Waals surface area contributed by atoms with Crippen LogP contribution in [0.1, 0.15) is 12.0 Å². The Bertz CT molecular complexity index is 666. The number of ether oxygens (including phenoxy) is 1. The van der Waals surface area contributed by atoms with E-state index in [1.54, 1.807) is 29.4 Å². The molecule has 0 amide bonds. The molecule has 1 aromatic carbocycles. The molecule has 1 aliphatic carbocycles. The van der Waals surface area contributed by atoms with E-state index in [1.807, 2.05) is 32.3 Å². The molecule has 0 aromatic heterocycles. The average molecular weight is 297 g/mol. The maximum atomic E-state index is 9.62. The Morgan fingerprint density at radius 1 is 1.32 bits per heavy atom. The smallest absolute Gasteiger partial charge is 0.200 e. The first kappa shape index (κ1) is 15.8. The van der Waals surface area contributed by atoms with E-state index < -0.39 is 5.60 Å². The molecule has 0 fully saturated rings. The largest absolute Gasteiger partial charge is 0.508 e. The van der Waals surface area contributed by atoms with Crippen LogP contribution in [0, 0.1) is 11.3 Å². The average Bonchev–Trinajstić information content (AvgIpc) is 2.53. The van der Waals surface area contributed by atoms with Crippen molar-refractivity contribution in [3.8, 4) is 11.8 Å². The number of aromatic hydroxyl groups is 1. The lowest BCUT2D eigenvalue weighted by Crippen LogP contribution is -2.33. The molecule has 22 heavy (non-hydrogen) atoms. The summed E-state index contributed by atoms with van der Waals surface area (Å²) in [6, 6.07) is 9.13. The predicted molar refractivity (Wildman–Crippen MR) is 86.3 cm³/mol. The molecule has 0 heterocycles. The lowest BCUT2D eigenvalue weighted by atomic mass is 9.84. The molecule has 1 aliphatic rings. The van der Waals surface area contributed by atoms with E-state index in [4.69, 9.17) is 4.74 Å². The molecule has 0 saturated heterocycles. The molecule has 1 aromatic rings. The van der Waals surface area contributed by atoms with Crippen molar-refractivity contribution in [1.29, 1.82) is 5.26 Å². The van der Waals surface area contributed by atoms with Crippen molar-refractivity contribution in [1.82, 2.24) is 4.90 Å². The fourth-order valence-electron chi connectivity index (χ4n) is 2.25. The Morgan fingerprint density at radius 3 is 2.55 bits per heavy atom. The highest BCUT2D eigenvalue weighted by atomic mass is 16.5. The van der Waals surface area contributed by atoms with Gasteiger partial charge in [-0.15, -0.1) is 0 Å². The molecule has 2 rings (SSSR count). The third kappa shape index (κ3) is 3.18. The van der Waals surface area contributed by atoms with Crippen LogP contribution in [0.15, 0.2) is 47.1 Å². The number of aliphatic imine (C=N–C) groups is 1. The number of methoxy groups -OCH3 is 1. The Balaban J connectivity index is 2.41. The number of hydrogen-bond donors (Lipinski definition) is 1. The number of phenols is 1. The van der Waals surface area contributed by atoms with Gasteiger partial charge in [0.25, 0.3) is 0 Å². The van der Waals surface area contributed by atoms with Crippen LogP contribution in [-0.4, -0.2) is 43.2 Å². The Hall–Kier alpha value is -2.58. The molecule has 5 heteroatoms. The number of hydrogen-bond acceptors (Lipinski definition) is 4. The highest BCUT2D eigenvalue weighted by molar-refractivity contribution is 5.72. The van der Waals surface area contributed by atoms with E-state index in [9.17, 15) is 10.4 Å². The Morgan fingerprint density at radius 2 is 2.00 bits per heavy atom. The normalized spacial score (nSPS) is 21.2. The summed E-state index contributed by atoms with van der Waals surface area (Å²) in [5.74, 6) is 0.213. The van der Waals surface area contributed by atoms with E-state index in [0.717, 1.165) is 11.1 Å². The molecule has 0 spiro atoms. The second-order valence-corrected chi connectivity index (χ2v) is 5.32. The number of benzene rings is 1. The van der Waals surface area contributed by atoms with Crippen LogP contribution in [-0.2, 0) is 4.74 Å². The van der Waals surface area contributed by atoms with Crippen LogP contribution in [0.5, 0.6) is 5.75 Å². The van der Waals surface area contributed by atoms with Crippen molar-refractivity contribution in [2.45, 2.75) is 12.0 Å². The van der Waals surface area contributed by atoms with Crippen LogP contribution in [0.3, 0.4) is 0 Å². The maximum Gasteiger partial charge on any atom is 0.200 e. The number of nitriles is 1. The molecular formula is C17H19N3O2. The topological polar surface area (TPSA) is 68.8 Å². The van der Waals surface area contributed by atoms with Crippen molar-refractivity contribution in [3.63, 3.8) is 0 Å². The minimum absolute atomic E-state index is 0.213. The zero-order valence-corrected chi connectivity index (χ0v) is 12.9. The van der Waals surface area contributed by atoms with Crippen LogP contribution in [0.2, 0.25) is 0 Å². The summed E-state index contributed by atoms with van der Waals surface area (Å²) in [6.07, 6.45) is 5.79. The van der Waals surface area contributed by atoms with Crippen molar-refractivity contribution in [3.05, 3.63) is 47.7 Å². The number of phenolic OH excluding ortho intramolecular Hbond substituents is 1. The van der Waals surface area contributed by atoms with E-state index in [2.05, 4.69) is 11.1 Å². The van der Waals surface area contributed by atoms with Crippen molar-refractivity contribution in [2.24, 2.45) is 4.99 Å². The van der Waals surface area contributed by atoms with Crippen molar-refractivity contribution in [2.75, 3.05) is 21.2 Å². The fourth-order valence-corrected chi connectivity index (χ4v) is 2.25. The Kier molecular flexibility index (Phi) is 4.64. The van der Waals surface area contributed by atoms with Crippen molar-refractivity contribution >= 4 is 11.9 Å². The SMILES string of the molecule is COC1(C#N)CC(c2ccc(O)cc2)=CC=C1/N=C\N(C)C. The molecule has 0 radical (unpaired) electrons. The number of allylic oxidation sites excluding steroid dienone is 2. The standard InChI is InChI=1S/C17H19N3O2/c1-20(2)12-19-16-9-6-14(10-17(16,11-18)22-3)13-4-7-15(21)8-5-13/h4-9,12,21H,10H2,1-3H3/b19-12-. The maximum absolute atomic E-state index is 9.62. The molecule has 114 valence electrons. The summed E-state index contributed by atoms with van der Waals surface area (Å²) >= 11 is 0. The minimum Gasteiger partial charge on any atom is -0.508 e. The van der Waals surface area contributed by atoms with Gasteiger partial charge in [0.05, 0.1) is 12.0 Å². The third-order valence-electron chi connectivity index (χ3n) is 3.49. The molecule has 0 saturated carbocycles. The highest BCUT2D eigenvalue weighted by Gasteiger charge is 2.38. The summed E-state index contributed by atoms with van der Waals surface area (Å²) in [7, 11) is 5.25. The van der Waals surface area contributed by atoms with Crippen LogP contribution in [0.4, 0.5) is 0 Å². The monoisotopic (exact) mass is 297 g/mol. The van der Waals surface area contributed by atoms with Gasteiger partial charge in [-0.3, -0.25) is 0 Å². The van der Waals surface area contributed by atoms with Crippen LogP contribution in [0.25, 0.3) is 5.57 Å². The molecule has 1 N–H and O–H groups in total. The summed E-state index contributed by atoms with van der Waals surface area (Å²) in [6.45, 7) is 0. The number of nitrogens with zero attached hydrogens (tertiary/aromatic N) is 3. The highest BCUT2D eigenvalue weighted by Crippen LogP contribution is 2.37. The van der Waals surface area contributed by atoms with Crippen LogP contribution >= 0.6 is 0 Å². The van der Waals surface area contributed by atoms with E-state index in [-0.39, 0.29) is 5.75 Å². The zero-order valence-electron chi connectivity index (χ0n) is 12.9. The van der Waals surface area contributed by atoms with Gasteiger partial charge >= 0.3 is 0 Å². The van der Waals surface area contributed by atoms with Gasteiger partial charge in [0.15, 0.2) is 5.60 Å². The molecule has 1 unspecified atom stereocenters. The van der Waals surface area contributed by atoms with E-state index in [1.165, 1.54) is 7.11 Å². The van der Waals surface area contributed by atoms with Gasteiger partial charge in [-0.25, -0.2) is 4.99 Å². The van der Waals surface area contributed by atoms with Gasteiger partial charge in [-0.1, -0.05) is 18.2 Å². The molecule has 0 aliphatic heterocycles. The zero-order chi connectivity index (χ0) is 16.2. The molecule has 1 atom stereocenters. The molecule has 5 nitrogen and oxygen atoms in total. The predicted octanol–water partition coefficient (Wildman–Crippen LogP) is 2.56. The third-order valence-corrected chi connectivity index (χ3v) is 3.49. The van der Waals surface area contributed by atoms with E-state index in [0.29, 0.717) is 12.1 Å². The lowest BCUT2D eigenvalue weighted by molar-refractivity contribution is 0.0730. The summed E-state index contributed by atoms with van der Waals surface area (Å²) < 4.78 is 5.50. The second kappa shape index (κ2) is 6.46. The summed E-state index contributed by atoms with van der Waals surface area (Å²) in [5, 5.41) is 19.0. The van der Waals surface area contributed by atoms with Crippen LogP contribution < -0.4 is 0 Å². The summed E-state index contributed by atoms with van der Waals surface area (Å²) in [5.41, 5.74) is 1.39. The number of rotatable bonds is 4. The van der Waals surface area contributed by atoms with Gasteiger partial charge < -0.3 is 14.7 Å². The second-order valence-electron chi connectivity index (χ2n) is 5.32. The van der Waals surface area contributed by atoms with Gasteiger partial charge in [-0.2, -0.15) is 5.26 Å². The van der Waals surface area contributed by atoms with Gasteiger partial charge in [0, 0.05) is 27.6 Å². The van der Waals surface area contributed by atoms with Gasteiger partial charge in [-0.05, 0) is 29.3 Å². The Labute approximate surface area is 130 Å². The first-order valence-electron chi connectivity index (χ1n) is 6.88. The minimum atomic E-state index is -1.10. The van der Waals surface area contributed by atoms with Gasteiger partial charge in [0.1, 0.15) is 11.8 Å². The first-order chi connectivity index (χ1) is 10.5. The fraction of sp³-hybridized carbons (Fsp3) is 0.294. The van der Waals surface area contributed by atoms with E-state index >= 15 is 0 Å². The first-order valence-corrected chi connectivity index (χ1v) is 6.88.